The number of carbonyl (C=O) groups excluding carboxylic acids is 1. The van der Waals surface area contributed by atoms with Crippen molar-refractivity contribution in [3.8, 4) is 0 Å². The summed E-state index contributed by atoms with van der Waals surface area (Å²) in [5, 5.41) is 6.78. The van der Waals surface area contributed by atoms with Gasteiger partial charge in [0.2, 0.25) is 5.91 Å². The summed E-state index contributed by atoms with van der Waals surface area (Å²) in [7, 11) is 3.50. The maximum atomic E-state index is 11.0. The lowest BCUT2D eigenvalue weighted by atomic mass is 10.2. The lowest BCUT2D eigenvalue weighted by Crippen LogP contribution is -2.13. The third kappa shape index (κ3) is 2.02. The monoisotopic (exact) mass is 193 g/mol. The van der Waals surface area contributed by atoms with Crippen LogP contribution in [0.2, 0.25) is 0 Å². The van der Waals surface area contributed by atoms with E-state index < -0.39 is 0 Å². The van der Waals surface area contributed by atoms with Crippen LogP contribution in [-0.2, 0) is 11.8 Å². The second kappa shape index (κ2) is 4.09. The Labute approximate surface area is 83.6 Å². The molecule has 0 bridgehead atoms. The number of likely N-dealkylation sites (N-methyl/N-ethyl adjacent to an activating group) is 1. The van der Waals surface area contributed by atoms with Crippen molar-refractivity contribution in [3.63, 3.8) is 0 Å². The highest BCUT2D eigenvalue weighted by Gasteiger charge is 2.05. The Morgan fingerprint density at radius 1 is 1.50 bits per heavy atom. The van der Waals surface area contributed by atoms with Crippen molar-refractivity contribution in [2.45, 2.75) is 13.8 Å². The molecular weight excluding hydrogens is 178 g/mol. The topological polar surface area (TPSA) is 46.9 Å². The van der Waals surface area contributed by atoms with E-state index in [0.29, 0.717) is 0 Å². The van der Waals surface area contributed by atoms with Crippen molar-refractivity contribution in [1.82, 2.24) is 15.1 Å². The number of aryl methyl sites for hydroxylation is 2. The van der Waals surface area contributed by atoms with Gasteiger partial charge in [0.05, 0.1) is 5.69 Å². The van der Waals surface area contributed by atoms with Gasteiger partial charge in [0, 0.05) is 31.4 Å². The van der Waals surface area contributed by atoms with E-state index in [-0.39, 0.29) is 5.91 Å². The highest BCUT2D eigenvalue weighted by atomic mass is 16.1. The summed E-state index contributed by atoms with van der Waals surface area (Å²) in [4.78, 5) is 11.0. The third-order valence-corrected chi connectivity index (χ3v) is 2.21. The molecule has 1 aromatic heterocycles. The minimum atomic E-state index is -0.104. The smallest absolute Gasteiger partial charge is 0.243 e. The molecule has 0 aliphatic rings. The van der Waals surface area contributed by atoms with Crippen LogP contribution < -0.4 is 5.32 Å². The number of nitrogens with zero attached hydrogens (tertiary/aromatic N) is 2. The highest BCUT2D eigenvalue weighted by molar-refractivity contribution is 5.91. The van der Waals surface area contributed by atoms with Crippen LogP contribution in [0.1, 0.15) is 17.0 Å². The van der Waals surface area contributed by atoms with Crippen LogP contribution in [0.15, 0.2) is 6.08 Å². The standard InChI is InChI=1S/C10H15N3O/c1-7-9(5-6-10(14)11-3)8(2)13(4)12-7/h5-6H,1-4H3,(H,11,14)/b6-5+. The number of rotatable bonds is 2. The maximum absolute atomic E-state index is 11.0. The molecule has 76 valence electrons. The lowest BCUT2D eigenvalue weighted by Gasteiger charge is -1.94. The molecule has 0 saturated carbocycles. The normalized spacial score (nSPS) is 10.9. The Morgan fingerprint density at radius 3 is 2.57 bits per heavy atom. The first-order chi connectivity index (χ1) is 6.56. The van der Waals surface area contributed by atoms with Crippen molar-refractivity contribution < 1.29 is 4.79 Å². The zero-order valence-corrected chi connectivity index (χ0v) is 8.96. The van der Waals surface area contributed by atoms with E-state index in [2.05, 4.69) is 10.4 Å². The van der Waals surface area contributed by atoms with Gasteiger partial charge in [0.25, 0.3) is 0 Å². The fourth-order valence-corrected chi connectivity index (χ4v) is 1.27. The van der Waals surface area contributed by atoms with Crippen LogP contribution in [0.25, 0.3) is 6.08 Å². The zero-order valence-electron chi connectivity index (χ0n) is 8.96. The molecule has 0 radical (unpaired) electrons. The van der Waals surface area contributed by atoms with E-state index in [1.165, 1.54) is 6.08 Å². The quantitative estimate of drug-likeness (QED) is 0.706. The van der Waals surface area contributed by atoms with E-state index in [0.717, 1.165) is 17.0 Å². The predicted molar refractivity (Wildman–Crippen MR) is 55.8 cm³/mol. The molecule has 1 aromatic rings. The predicted octanol–water partition coefficient (Wildman–Crippen LogP) is 0.796. The SMILES string of the molecule is CNC(=O)/C=C/c1c(C)nn(C)c1C. The molecule has 0 saturated heterocycles. The second-order valence-corrected chi connectivity index (χ2v) is 3.16. The first-order valence-corrected chi connectivity index (χ1v) is 4.46. The number of aromatic nitrogens is 2. The second-order valence-electron chi connectivity index (χ2n) is 3.16. The molecule has 1 amide bonds. The van der Waals surface area contributed by atoms with Crippen molar-refractivity contribution in [1.29, 1.82) is 0 Å². The maximum Gasteiger partial charge on any atom is 0.243 e. The summed E-state index contributed by atoms with van der Waals surface area (Å²) >= 11 is 0. The van der Waals surface area contributed by atoms with Gasteiger partial charge in [0.1, 0.15) is 0 Å². The first kappa shape index (κ1) is 10.5. The van der Waals surface area contributed by atoms with Crippen LogP contribution in [0.3, 0.4) is 0 Å². The van der Waals surface area contributed by atoms with Crippen molar-refractivity contribution in [2.24, 2.45) is 7.05 Å². The molecule has 1 heterocycles. The molecular formula is C10H15N3O. The molecule has 1 N–H and O–H groups in total. The van der Waals surface area contributed by atoms with Crippen LogP contribution in [0.4, 0.5) is 0 Å². The summed E-state index contributed by atoms with van der Waals surface area (Å²) in [5.41, 5.74) is 3.00. The molecule has 4 heteroatoms. The van der Waals surface area contributed by atoms with Gasteiger partial charge in [-0.15, -0.1) is 0 Å². The minimum absolute atomic E-state index is 0.104. The number of carbonyl (C=O) groups is 1. The summed E-state index contributed by atoms with van der Waals surface area (Å²) < 4.78 is 1.80. The Hall–Kier alpha value is -1.58. The molecule has 0 aliphatic carbocycles. The molecule has 0 spiro atoms. The Morgan fingerprint density at radius 2 is 2.14 bits per heavy atom. The van der Waals surface area contributed by atoms with Gasteiger partial charge in [-0.2, -0.15) is 5.10 Å². The van der Waals surface area contributed by atoms with Crippen molar-refractivity contribution >= 4 is 12.0 Å². The van der Waals surface area contributed by atoms with E-state index in [4.69, 9.17) is 0 Å². The summed E-state index contributed by atoms with van der Waals surface area (Å²) in [6, 6.07) is 0. The minimum Gasteiger partial charge on any atom is -0.356 e. The van der Waals surface area contributed by atoms with Gasteiger partial charge in [-0.3, -0.25) is 9.48 Å². The van der Waals surface area contributed by atoms with Gasteiger partial charge in [-0.1, -0.05) is 0 Å². The van der Waals surface area contributed by atoms with Gasteiger partial charge < -0.3 is 5.32 Å². The van der Waals surface area contributed by atoms with Gasteiger partial charge >= 0.3 is 0 Å². The van der Waals surface area contributed by atoms with Crippen LogP contribution in [0, 0.1) is 13.8 Å². The Bertz CT molecular complexity index is 377. The molecule has 4 nitrogen and oxygen atoms in total. The van der Waals surface area contributed by atoms with Crippen LogP contribution in [0.5, 0.6) is 0 Å². The van der Waals surface area contributed by atoms with Gasteiger partial charge in [-0.05, 0) is 19.9 Å². The first-order valence-electron chi connectivity index (χ1n) is 4.46. The lowest BCUT2D eigenvalue weighted by molar-refractivity contribution is -0.115. The zero-order chi connectivity index (χ0) is 10.7. The average molecular weight is 193 g/mol. The molecule has 0 atom stereocenters. The molecule has 14 heavy (non-hydrogen) atoms. The summed E-state index contributed by atoms with van der Waals surface area (Å²) in [6.45, 7) is 3.90. The number of amides is 1. The highest BCUT2D eigenvalue weighted by Crippen LogP contribution is 2.13. The van der Waals surface area contributed by atoms with Crippen LogP contribution in [-0.4, -0.2) is 22.7 Å². The molecule has 0 aliphatic heterocycles. The fourth-order valence-electron chi connectivity index (χ4n) is 1.27. The molecule has 0 aromatic carbocycles. The van der Waals surface area contributed by atoms with Gasteiger partial charge in [0.15, 0.2) is 0 Å². The summed E-state index contributed by atoms with van der Waals surface area (Å²) in [6.07, 6.45) is 3.30. The Kier molecular flexibility index (Phi) is 3.06. The number of hydrogen-bond donors (Lipinski definition) is 1. The van der Waals surface area contributed by atoms with E-state index in [9.17, 15) is 4.79 Å². The Balaban J connectivity index is 2.97. The number of hydrogen-bond acceptors (Lipinski definition) is 2. The molecule has 0 fully saturated rings. The fraction of sp³-hybridized carbons (Fsp3) is 0.400. The van der Waals surface area contributed by atoms with E-state index in [1.54, 1.807) is 17.8 Å². The molecule has 0 unspecified atom stereocenters. The van der Waals surface area contributed by atoms with Crippen LogP contribution >= 0.6 is 0 Å². The van der Waals surface area contributed by atoms with E-state index in [1.807, 2.05) is 20.9 Å². The molecule has 1 rings (SSSR count). The van der Waals surface area contributed by atoms with Gasteiger partial charge in [-0.25, -0.2) is 0 Å². The van der Waals surface area contributed by atoms with E-state index >= 15 is 0 Å². The van der Waals surface area contributed by atoms with Crippen molar-refractivity contribution in [3.05, 3.63) is 23.0 Å². The summed E-state index contributed by atoms with van der Waals surface area (Å²) in [5.74, 6) is -0.104. The average Bonchev–Trinajstić information content (AvgIpc) is 2.39. The largest absolute Gasteiger partial charge is 0.356 e. The number of nitrogens with one attached hydrogen (secondary N) is 1. The van der Waals surface area contributed by atoms with Crippen molar-refractivity contribution in [2.75, 3.05) is 7.05 Å². The third-order valence-electron chi connectivity index (χ3n) is 2.21.